The van der Waals surface area contributed by atoms with Crippen LogP contribution >= 0.6 is 0 Å². The largest absolute Gasteiger partial charge is 0.490 e. The second kappa shape index (κ2) is 4.98. The Hall–Kier alpha value is -1.93. The molecule has 1 aliphatic heterocycles. The second-order valence-corrected chi connectivity index (χ2v) is 4.27. The number of hydrogen-bond donors (Lipinski definition) is 2. The van der Waals surface area contributed by atoms with E-state index < -0.39 is 28.6 Å². The van der Waals surface area contributed by atoms with Crippen molar-refractivity contribution in [1.82, 2.24) is 0 Å². The van der Waals surface area contributed by atoms with E-state index in [1.54, 1.807) is 0 Å². The van der Waals surface area contributed by atoms with Crippen molar-refractivity contribution in [3.8, 4) is 5.75 Å². The first-order chi connectivity index (χ1) is 8.93. The van der Waals surface area contributed by atoms with Gasteiger partial charge in [-0.1, -0.05) is 0 Å². The molecule has 1 heterocycles. The maximum atomic E-state index is 13.9. The predicted octanol–water partition coefficient (Wildman–Crippen LogP) is 0.284. The molecule has 7 nitrogen and oxygen atoms in total. The lowest BCUT2D eigenvalue weighted by atomic mass is 10.2. The number of aliphatic hydroxyl groups excluding tert-OH is 2. The normalized spacial score (nSPS) is 22.6. The van der Waals surface area contributed by atoms with E-state index in [1.807, 2.05) is 0 Å². The summed E-state index contributed by atoms with van der Waals surface area (Å²) >= 11 is 0. The highest BCUT2D eigenvalue weighted by molar-refractivity contribution is 5.61. The van der Waals surface area contributed by atoms with Crippen LogP contribution in [0.25, 0.3) is 0 Å². The number of rotatable bonds is 3. The third-order valence-corrected chi connectivity index (χ3v) is 3.04. The number of halogens is 1. The number of nitrogens with zero attached hydrogens (tertiary/aromatic N) is 2. The van der Waals surface area contributed by atoms with Gasteiger partial charge in [0.15, 0.2) is 11.6 Å². The molecule has 2 rings (SSSR count). The highest BCUT2D eigenvalue weighted by Gasteiger charge is 2.32. The van der Waals surface area contributed by atoms with Gasteiger partial charge in [0.05, 0.1) is 36.0 Å². The van der Waals surface area contributed by atoms with Crippen molar-refractivity contribution in [1.29, 1.82) is 0 Å². The van der Waals surface area contributed by atoms with Crippen molar-refractivity contribution in [2.75, 3.05) is 25.1 Å². The quantitative estimate of drug-likeness (QED) is 0.606. The Morgan fingerprint density at radius 2 is 2.00 bits per heavy atom. The highest BCUT2D eigenvalue weighted by atomic mass is 19.1. The van der Waals surface area contributed by atoms with Crippen molar-refractivity contribution in [2.24, 2.45) is 0 Å². The number of anilines is 1. The summed E-state index contributed by atoms with van der Waals surface area (Å²) in [5.74, 6) is -0.869. The summed E-state index contributed by atoms with van der Waals surface area (Å²) in [5.41, 5.74) is -0.415. The number of benzene rings is 1. The fraction of sp³-hybridized carbons (Fsp3) is 0.455. The SMILES string of the molecule is COc1cc(N2CC(O)C(O)C2)c(F)cc1[N+](=O)[O-]. The van der Waals surface area contributed by atoms with Crippen LogP contribution in [-0.2, 0) is 0 Å². The molecule has 1 fully saturated rings. The average Bonchev–Trinajstić information content (AvgIpc) is 2.69. The summed E-state index contributed by atoms with van der Waals surface area (Å²) in [6.07, 6.45) is -1.94. The van der Waals surface area contributed by atoms with Gasteiger partial charge in [0.2, 0.25) is 0 Å². The number of aliphatic hydroxyl groups is 2. The van der Waals surface area contributed by atoms with Crippen LogP contribution in [0, 0.1) is 15.9 Å². The van der Waals surface area contributed by atoms with Gasteiger partial charge in [-0.2, -0.15) is 0 Å². The summed E-state index contributed by atoms with van der Waals surface area (Å²) in [7, 11) is 1.25. The Morgan fingerprint density at radius 1 is 1.42 bits per heavy atom. The molecule has 8 heteroatoms. The Kier molecular flexibility index (Phi) is 3.54. The smallest absolute Gasteiger partial charge is 0.313 e. The van der Waals surface area contributed by atoms with E-state index in [2.05, 4.69) is 0 Å². The topological polar surface area (TPSA) is 96.1 Å². The molecule has 104 valence electrons. The van der Waals surface area contributed by atoms with Crippen molar-refractivity contribution < 1.29 is 24.3 Å². The van der Waals surface area contributed by atoms with Gasteiger partial charge in [-0.25, -0.2) is 4.39 Å². The van der Waals surface area contributed by atoms with Gasteiger partial charge in [-0.05, 0) is 0 Å². The molecule has 0 aromatic heterocycles. The summed E-state index contributed by atoms with van der Waals surface area (Å²) in [6, 6.07) is 1.96. The lowest BCUT2D eigenvalue weighted by molar-refractivity contribution is -0.385. The first-order valence-corrected chi connectivity index (χ1v) is 5.57. The van der Waals surface area contributed by atoms with E-state index in [1.165, 1.54) is 18.1 Å². The summed E-state index contributed by atoms with van der Waals surface area (Å²) in [6.45, 7) is 0.109. The van der Waals surface area contributed by atoms with Gasteiger partial charge in [-0.15, -0.1) is 0 Å². The number of ether oxygens (including phenoxy) is 1. The molecule has 1 aliphatic rings. The summed E-state index contributed by atoms with van der Waals surface area (Å²) < 4.78 is 18.7. The third-order valence-electron chi connectivity index (χ3n) is 3.04. The molecule has 0 spiro atoms. The van der Waals surface area contributed by atoms with Gasteiger partial charge >= 0.3 is 5.69 Å². The van der Waals surface area contributed by atoms with E-state index in [-0.39, 0.29) is 24.5 Å². The standard InChI is InChI=1S/C11H13FN2O5/c1-19-11-3-7(6(12)2-8(11)14(17)18)13-4-9(15)10(16)5-13/h2-3,9-10,15-16H,4-5H2,1H3. The lowest BCUT2D eigenvalue weighted by Gasteiger charge is -2.19. The van der Waals surface area contributed by atoms with E-state index in [4.69, 9.17) is 4.74 Å². The number of methoxy groups -OCH3 is 1. The zero-order chi connectivity index (χ0) is 14.2. The first kappa shape index (κ1) is 13.5. The van der Waals surface area contributed by atoms with Crippen LogP contribution in [0.2, 0.25) is 0 Å². The molecule has 0 aliphatic carbocycles. The fourth-order valence-corrected chi connectivity index (χ4v) is 2.05. The van der Waals surface area contributed by atoms with Crippen LogP contribution in [-0.4, -0.2) is 47.5 Å². The minimum absolute atomic E-state index is 0.0538. The van der Waals surface area contributed by atoms with Crippen molar-refractivity contribution in [3.63, 3.8) is 0 Å². The van der Waals surface area contributed by atoms with Gasteiger partial charge in [0, 0.05) is 19.2 Å². The minimum atomic E-state index is -0.972. The van der Waals surface area contributed by atoms with Crippen LogP contribution in [0.3, 0.4) is 0 Å². The summed E-state index contributed by atoms with van der Waals surface area (Å²) in [4.78, 5) is 11.4. The maximum absolute atomic E-state index is 13.9. The molecule has 0 radical (unpaired) electrons. The molecular weight excluding hydrogens is 259 g/mol. The third kappa shape index (κ3) is 2.45. The van der Waals surface area contributed by atoms with Crippen LogP contribution in [0.15, 0.2) is 12.1 Å². The van der Waals surface area contributed by atoms with Crippen LogP contribution in [0.1, 0.15) is 0 Å². The molecule has 2 atom stereocenters. The molecule has 2 unspecified atom stereocenters. The zero-order valence-corrected chi connectivity index (χ0v) is 10.1. The number of nitro groups is 1. The number of hydrogen-bond acceptors (Lipinski definition) is 6. The Morgan fingerprint density at radius 3 is 2.47 bits per heavy atom. The highest BCUT2D eigenvalue weighted by Crippen LogP contribution is 2.35. The Labute approximate surface area is 108 Å². The molecular formula is C11H13FN2O5. The molecule has 1 saturated heterocycles. The van der Waals surface area contributed by atoms with E-state index in [0.29, 0.717) is 0 Å². The lowest BCUT2D eigenvalue weighted by Crippen LogP contribution is -2.22. The number of nitro benzene ring substituents is 1. The van der Waals surface area contributed by atoms with Crippen molar-refractivity contribution in [3.05, 3.63) is 28.1 Å². The minimum Gasteiger partial charge on any atom is -0.490 e. The van der Waals surface area contributed by atoms with Gasteiger partial charge in [-0.3, -0.25) is 10.1 Å². The van der Waals surface area contributed by atoms with E-state index >= 15 is 0 Å². The van der Waals surface area contributed by atoms with E-state index in [0.717, 1.165) is 6.07 Å². The van der Waals surface area contributed by atoms with Crippen molar-refractivity contribution >= 4 is 11.4 Å². The number of β-amino-alcohol motifs (C(OH)–C–C–N with tert-alkyl or cyclic N) is 2. The molecule has 2 N–H and O–H groups in total. The van der Waals surface area contributed by atoms with Crippen LogP contribution in [0.5, 0.6) is 5.75 Å². The molecule has 0 amide bonds. The molecule has 0 bridgehead atoms. The molecule has 1 aromatic rings. The maximum Gasteiger partial charge on any atom is 0.313 e. The Balaban J connectivity index is 2.39. The Bertz CT molecular complexity index is 500. The van der Waals surface area contributed by atoms with Gasteiger partial charge < -0.3 is 19.8 Å². The van der Waals surface area contributed by atoms with Gasteiger partial charge in [0.25, 0.3) is 0 Å². The van der Waals surface area contributed by atoms with Crippen LogP contribution in [0.4, 0.5) is 15.8 Å². The zero-order valence-electron chi connectivity index (χ0n) is 10.1. The van der Waals surface area contributed by atoms with Crippen molar-refractivity contribution in [2.45, 2.75) is 12.2 Å². The average molecular weight is 272 g/mol. The second-order valence-electron chi connectivity index (χ2n) is 4.27. The summed E-state index contributed by atoms with van der Waals surface area (Å²) in [5, 5.41) is 29.6. The monoisotopic (exact) mass is 272 g/mol. The molecule has 0 saturated carbocycles. The molecule has 19 heavy (non-hydrogen) atoms. The predicted molar refractivity (Wildman–Crippen MR) is 63.8 cm³/mol. The molecule has 1 aromatic carbocycles. The fourth-order valence-electron chi connectivity index (χ4n) is 2.05. The van der Waals surface area contributed by atoms with E-state index in [9.17, 15) is 24.7 Å². The first-order valence-electron chi connectivity index (χ1n) is 5.57. The van der Waals surface area contributed by atoms with Gasteiger partial charge in [0.1, 0.15) is 0 Å². The van der Waals surface area contributed by atoms with Crippen LogP contribution < -0.4 is 9.64 Å².